The number of aliphatic hydroxyl groups excluding tert-OH is 1. The lowest BCUT2D eigenvalue weighted by Gasteiger charge is -2.42. The van der Waals surface area contributed by atoms with Crippen molar-refractivity contribution in [1.82, 2.24) is 20.2 Å². The molecule has 1 atom stereocenters. The number of nitrogens with zero attached hydrogens (tertiary/aromatic N) is 4. The highest BCUT2D eigenvalue weighted by atomic mass is 32.1. The van der Waals surface area contributed by atoms with Crippen LogP contribution >= 0.6 is 11.3 Å². The van der Waals surface area contributed by atoms with E-state index in [0.29, 0.717) is 6.04 Å². The standard InChI is InChI=1S/C19H27N5OS/c25-8-4-14-11-24(7-6-23(14)10-13-1-2-13)18-17-15-3-5-20-9-16(15)26-19(17)22-12-21-18/h12-14,20,25H,1-11H2/t14-/m0/s1. The lowest BCUT2D eigenvalue weighted by Crippen LogP contribution is -2.54. The third kappa shape index (κ3) is 3.11. The Morgan fingerprint density at radius 1 is 1.27 bits per heavy atom. The molecule has 1 saturated heterocycles. The molecule has 6 nitrogen and oxygen atoms in total. The summed E-state index contributed by atoms with van der Waals surface area (Å²) < 4.78 is 0. The molecule has 0 bridgehead atoms. The Balaban J connectivity index is 1.45. The second-order valence-corrected chi connectivity index (χ2v) is 8.94. The minimum absolute atomic E-state index is 0.262. The molecule has 140 valence electrons. The second-order valence-electron chi connectivity index (χ2n) is 7.86. The summed E-state index contributed by atoms with van der Waals surface area (Å²) in [6, 6.07) is 0.426. The summed E-state index contributed by atoms with van der Waals surface area (Å²) in [4.78, 5) is 16.9. The van der Waals surface area contributed by atoms with Gasteiger partial charge >= 0.3 is 0 Å². The van der Waals surface area contributed by atoms with Gasteiger partial charge in [-0.05, 0) is 43.7 Å². The van der Waals surface area contributed by atoms with Crippen molar-refractivity contribution in [3.63, 3.8) is 0 Å². The first kappa shape index (κ1) is 16.9. The van der Waals surface area contributed by atoms with Crippen LogP contribution in [0.3, 0.4) is 0 Å². The predicted molar refractivity (Wildman–Crippen MR) is 105 cm³/mol. The highest BCUT2D eigenvalue weighted by Gasteiger charge is 2.33. The number of piperazine rings is 1. The molecule has 5 rings (SSSR count). The molecule has 1 aliphatic carbocycles. The molecule has 2 aromatic heterocycles. The molecule has 2 aliphatic heterocycles. The minimum Gasteiger partial charge on any atom is -0.396 e. The topological polar surface area (TPSA) is 64.5 Å². The summed E-state index contributed by atoms with van der Waals surface area (Å²) in [5.74, 6) is 2.01. The summed E-state index contributed by atoms with van der Waals surface area (Å²) in [5, 5.41) is 14.3. The molecule has 0 amide bonds. The molecule has 3 aliphatic rings. The number of hydrogen-bond donors (Lipinski definition) is 2. The maximum Gasteiger partial charge on any atom is 0.141 e. The molecular formula is C19H27N5OS. The van der Waals surface area contributed by atoms with Crippen molar-refractivity contribution in [2.75, 3.05) is 44.2 Å². The van der Waals surface area contributed by atoms with E-state index < -0.39 is 0 Å². The zero-order valence-electron chi connectivity index (χ0n) is 15.2. The van der Waals surface area contributed by atoms with Crippen LogP contribution in [-0.4, -0.2) is 65.3 Å². The Morgan fingerprint density at radius 3 is 3.04 bits per heavy atom. The fourth-order valence-electron chi connectivity index (χ4n) is 4.46. The number of thiophene rings is 1. The molecule has 2 fully saturated rings. The maximum atomic E-state index is 9.56. The summed E-state index contributed by atoms with van der Waals surface area (Å²) in [5.41, 5.74) is 1.46. The SMILES string of the molecule is OCC[C@H]1CN(c2ncnc3sc4c(c23)CCNC4)CCN1CC1CC1. The van der Waals surface area contributed by atoms with Crippen molar-refractivity contribution in [3.8, 4) is 0 Å². The minimum atomic E-state index is 0.262. The number of nitrogens with one attached hydrogen (secondary N) is 1. The smallest absolute Gasteiger partial charge is 0.141 e. The van der Waals surface area contributed by atoms with Crippen molar-refractivity contribution < 1.29 is 5.11 Å². The number of hydrogen-bond acceptors (Lipinski definition) is 7. The average Bonchev–Trinajstić information content (AvgIpc) is 3.40. The first-order valence-electron chi connectivity index (χ1n) is 9.89. The van der Waals surface area contributed by atoms with E-state index in [1.807, 2.05) is 11.3 Å². The van der Waals surface area contributed by atoms with Crippen LogP contribution in [0.25, 0.3) is 10.2 Å². The largest absolute Gasteiger partial charge is 0.396 e. The number of aliphatic hydroxyl groups is 1. The van der Waals surface area contributed by atoms with Gasteiger partial charge in [0, 0.05) is 50.2 Å². The normalized spacial score (nSPS) is 24.2. The fourth-order valence-corrected chi connectivity index (χ4v) is 5.61. The number of anilines is 1. The van der Waals surface area contributed by atoms with Crippen LogP contribution in [0.1, 0.15) is 29.7 Å². The van der Waals surface area contributed by atoms with Gasteiger partial charge in [0.25, 0.3) is 0 Å². The zero-order valence-corrected chi connectivity index (χ0v) is 16.0. The van der Waals surface area contributed by atoms with Crippen LogP contribution in [-0.2, 0) is 13.0 Å². The van der Waals surface area contributed by atoms with Gasteiger partial charge in [-0.15, -0.1) is 11.3 Å². The van der Waals surface area contributed by atoms with E-state index in [4.69, 9.17) is 4.98 Å². The van der Waals surface area contributed by atoms with Gasteiger partial charge in [0.05, 0.1) is 5.39 Å². The van der Waals surface area contributed by atoms with E-state index in [1.54, 1.807) is 6.33 Å². The Bertz CT molecular complexity index is 790. The molecule has 2 N–H and O–H groups in total. The number of fused-ring (bicyclic) bond motifs is 3. The van der Waals surface area contributed by atoms with Gasteiger partial charge in [-0.2, -0.15) is 0 Å². The molecular weight excluding hydrogens is 346 g/mol. The third-order valence-corrected chi connectivity index (χ3v) is 7.18. The van der Waals surface area contributed by atoms with Crippen molar-refractivity contribution in [1.29, 1.82) is 0 Å². The van der Waals surface area contributed by atoms with E-state index in [9.17, 15) is 5.11 Å². The Kier molecular flexibility index (Phi) is 4.56. The van der Waals surface area contributed by atoms with Gasteiger partial charge in [0.15, 0.2) is 0 Å². The van der Waals surface area contributed by atoms with E-state index in [0.717, 1.165) is 62.1 Å². The van der Waals surface area contributed by atoms with Gasteiger partial charge in [0.1, 0.15) is 17.0 Å². The van der Waals surface area contributed by atoms with Crippen LogP contribution < -0.4 is 10.2 Å². The molecule has 7 heteroatoms. The first-order valence-corrected chi connectivity index (χ1v) is 10.7. The maximum absolute atomic E-state index is 9.56. The van der Waals surface area contributed by atoms with Crippen LogP contribution in [0.2, 0.25) is 0 Å². The third-order valence-electron chi connectivity index (χ3n) is 6.04. The van der Waals surface area contributed by atoms with Gasteiger partial charge in [0.2, 0.25) is 0 Å². The quantitative estimate of drug-likeness (QED) is 0.830. The second kappa shape index (κ2) is 7.03. The van der Waals surface area contributed by atoms with E-state index in [2.05, 4.69) is 20.1 Å². The predicted octanol–water partition coefficient (Wildman–Crippen LogP) is 1.62. The molecule has 4 heterocycles. The van der Waals surface area contributed by atoms with E-state index >= 15 is 0 Å². The highest BCUT2D eigenvalue weighted by Crippen LogP contribution is 2.38. The summed E-state index contributed by atoms with van der Waals surface area (Å²) >= 11 is 1.82. The lowest BCUT2D eigenvalue weighted by molar-refractivity contribution is 0.137. The van der Waals surface area contributed by atoms with Crippen LogP contribution in [0.5, 0.6) is 0 Å². The fraction of sp³-hybridized carbons (Fsp3) is 0.684. The molecule has 1 saturated carbocycles. The first-order chi connectivity index (χ1) is 12.8. The van der Waals surface area contributed by atoms with Crippen molar-refractivity contribution in [2.45, 2.75) is 38.3 Å². The van der Waals surface area contributed by atoms with Crippen LogP contribution in [0.4, 0.5) is 5.82 Å². The van der Waals surface area contributed by atoms with Crippen molar-refractivity contribution >= 4 is 27.4 Å². The van der Waals surface area contributed by atoms with Gasteiger partial charge in [-0.25, -0.2) is 9.97 Å². The molecule has 26 heavy (non-hydrogen) atoms. The van der Waals surface area contributed by atoms with Crippen LogP contribution in [0, 0.1) is 5.92 Å². The van der Waals surface area contributed by atoms with Crippen molar-refractivity contribution in [2.24, 2.45) is 5.92 Å². The molecule has 0 spiro atoms. The van der Waals surface area contributed by atoms with Crippen molar-refractivity contribution in [3.05, 3.63) is 16.8 Å². The van der Waals surface area contributed by atoms with E-state index in [1.165, 1.54) is 35.2 Å². The van der Waals surface area contributed by atoms with E-state index in [-0.39, 0.29) is 6.61 Å². The van der Waals surface area contributed by atoms with Gasteiger partial charge in [-0.1, -0.05) is 0 Å². The van der Waals surface area contributed by atoms with Gasteiger partial charge < -0.3 is 15.3 Å². The Labute approximate surface area is 158 Å². The van der Waals surface area contributed by atoms with Gasteiger partial charge in [-0.3, -0.25) is 4.90 Å². The van der Waals surface area contributed by atoms with Crippen LogP contribution in [0.15, 0.2) is 6.33 Å². The molecule has 0 radical (unpaired) electrons. The average molecular weight is 374 g/mol. The summed E-state index contributed by atoms with van der Waals surface area (Å²) in [6.45, 7) is 6.51. The summed E-state index contributed by atoms with van der Waals surface area (Å²) in [6.07, 6.45) is 6.41. The zero-order chi connectivity index (χ0) is 17.5. The monoisotopic (exact) mass is 373 g/mol. The molecule has 0 aromatic carbocycles. The Hall–Kier alpha value is -1.28. The Morgan fingerprint density at radius 2 is 2.19 bits per heavy atom. The molecule has 0 unspecified atom stereocenters. The molecule has 2 aromatic rings. The summed E-state index contributed by atoms with van der Waals surface area (Å²) in [7, 11) is 0. The highest BCUT2D eigenvalue weighted by molar-refractivity contribution is 7.19. The number of aromatic nitrogens is 2. The number of rotatable bonds is 5. The lowest BCUT2D eigenvalue weighted by atomic mass is 10.0.